The highest BCUT2D eigenvalue weighted by Gasteiger charge is 2.57. The molecule has 2 fully saturated rings. The molecule has 1 aromatic carbocycles. The second-order valence-corrected chi connectivity index (χ2v) is 5.90. The molecule has 6 nitrogen and oxygen atoms in total. The smallest absolute Gasteiger partial charge is 0.190 e. The van der Waals surface area contributed by atoms with Crippen LogP contribution in [0.4, 0.5) is 0 Å². The molecule has 0 radical (unpaired) electrons. The highest BCUT2D eigenvalue weighted by atomic mass is 16.8. The Kier molecular flexibility index (Phi) is 4.17. The second-order valence-electron chi connectivity index (χ2n) is 5.90. The van der Waals surface area contributed by atoms with Crippen LogP contribution in [0.25, 0.3) is 0 Å². The van der Waals surface area contributed by atoms with Crippen LogP contribution in [0.5, 0.6) is 0 Å². The van der Waals surface area contributed by atoms with Crippen molar-refractivity contribution in [3.8, 4) is 6.07 Å². The Morgan fingerprint density at radius 1 is 1.32 bits per heavy atom. The van der Waals surface area contributed by atoms with E-state index < -0.39 is 36.5 Å². The summed E-state index contributed by atoms with van der Waals surface area (Å²) < 4.78 is 23.0. The molecule has 6 heteroatoms. The van der Waals surface area contributed by atoms with Gasteiger partial charge in [0.1, 0.15) is 18.3 Å². The Balaban J connectivity index is 1.73. The van der Waals surface area contributed by atoms with Crippen molar-refractivity contribution < 1.29 is 24.1 Å². The predicted octanol–water partition coefficient (Wildman–Crippen LogP) is 1.33. The van der Waals surface area contributed by atoms with E-state index in [-0.39, 0.29) is 0 Å². The number of rotatable bonds is 4. The fourth-order valence-electron chi connectivity index (χ4n) is 2.79. The Morgan fingerprint density at radius 3 is 2.73 bits per heavy atom. The van der Waals surface area contributed by atoms with E-state index >= 15 is 0 Å². The predicted molar refractivity (Wildman–Crippen MR) is 75.3 cm³/mol. The minimum Gasteiger partial charge on any atom is -0.375 e. The first-order chi connectivity index (χ1) is 10.5. The highest BCUT2D eigenvalue weighted by molar-refractivity contribution is 5.14. The Hall–Kier alpha value is -1.49. The molecule has 0 saturated carbocycles. The fraction of sp³-hybridized carbons (Fsp3) is 0.562. The van der Waals surface area contributed by atoms with Crippen molar-refractivity contribution >= 4 is 0 Å². The largest absolute Gasteiger partial charge is 0.375 e. The van der Waals surface area contributed by atoms with Gasteiger partial charge < -0.3 is 24.1 Å². The lowest BCUT2D eigenvalue weighted by Gasteiger charge is -2.26. The lowest BCUT2D eigenvalue weighted by molar-refractivity contribution is -0.227. The lowest BCUT2D eigenvalue weighted by atomic mass is 10.1. The number of fused-ring (bicyclic) bond motifs is 1. The maximum Gasteiger partial charge on any atom is 0.190 e. The fourth-order valence-corrected chi connectivity index (χ4v) is 2.79. The van der Waals surface area contributed by atoms with Gasteiger partial charge in [0.25, 0.3) is 0 Å². The van der Waals surface area contributed by atoms with Crippen molar-refractivity contribution in [3.63, 3.8) is 0 Å². The van der Waals surface area contributed by atoms with Crippen LogP contribution in [0.2, 0.25) is 0 Å². The van der Waals surface area contributed by atoms with E-state index in [0.29, 0.717) is 6.61 Å². The molecule has 2 saturated heterocycles. The molecule has 0 aliphatic carbocycles. The van der Waals surface area contributed by atoms with E-state index in [1.165, 1.54) is 0 Å². The second kappa shape index (κ2) is 5.95. The van der Waals surface area contributed by atoms with Gasteiger partial charge in [-0.25, -0.2) is 0 Å². The van der Waals surface area contributed by atoms with Crippen LogP contribution in [0.3, 0.4) is 0 Å². The van der Waals surface area contributed by atoms with E-state index in [4.69, 9.17) is 24.2 Å². The summed E-state index contributed by atoms with van der Waals surface area (Å²) in [6.07, 6.45) is -3.75. The highest BCUT2D eigenvalue weighted by Crippen LogP contribution is 2.39. The third-order valence-electron chi connectivity index (χ3n) is 3.76. The molecule has 2 heterocycles. The average molecular weight is 305 g/mol. The van der Waals surface area contributed by atoms with Crippen LogP contribution in [0, 0.1) is 11.3 Å². The Bertz CT molecular complexity index is 555. The molecule has 0 amide bonds. The van der Waals surface area contributed by atoms with Crippen molar-refractivity contribution in [2.75, 3.05) is 0 Å². The average Bonchev–Trinajstić information content (AvgIpc) is 2.97. The summed E-state index contributed by atoms with van der Waals surface area (Å²) in [7, 11) is 0. The van der Waals surface area contributed by atoms with E-state index in [1.807, 2.05) is 30.3 Å². The standard InChI is InChI=1S/C16H19NO5/c1-16(2)21-14-13(19-9-10-6-4-3-5-7-10)12(11(18)8-17)20-15(14)22-16/h3-7,11-15,18H,9H2,1-2H3/t11-,12-,13?,14+,15-/m1/s1. The van der Waals surface area contributed by atoms with Gasteiger partial charge in [-0.15, -0.1) is 0 Å². The summed E-state index contributed by atoms with van der Waals surface area (Å²) in [5, 5.41) is 18.8. The quantitative estimate of drug-likeness (QED) is 0.845. The van der Waals surface area contributed by atoms with E-state index in [2.05, 4.69) is 0 Å². The zero-order chi connectivity index (χ0) is 15.7. The van der Waals surface area contributed by atoms with Gasteiger partial charge >= 0.3 is 0 Å². The number of ether oxygens (including phenoxy) is 4. The summed E-state index contributed by atoms with van der Waals surface area (Å²) in [4.78, 5) is 0. The van der Waals surface area contributed by atoms with Gasteiger partial charge in [-0.1, -0.05) is 30.3 Å². The molecule has 0 aromatic heterocycles. The summed E-state index contributed by atoms with van der Waals surface area (Å²) in [5.41, 5.74) is 0.995. The summed E-state index contributed by atoms with van der Waals surface area (Å²) in [6, 6.07) is 11.4. The van der Waals surface area contributed by atoms with Gasteiger partial charge in [-0.2, -0.15) is 5.26 Å². The Labute approximate surface area is 129 Å². The normalized spacial score (nSPS) is 34.1. The number of nitriles is 1. The molecule has 22 heavy (non-hydrogen) atoms. The van der Waals surface area contributed by atoms with Gasteiger partial charge in [0.05, 0.1) is 12.7 Å². The molecule has 2 aliphatic heterocycles. The van der Waals surface area contributed by atoms with Crippen molar-refractivity contribution in [1.29, 1.82) is 5.26 Å². The van der Waals surface area contributed by atoms with E-state index in [1.54, 1.807) is 19.9 Å². The van der Waals surface area contributed by atoms with Gasteiger partial charge in [0.15, 0.2) is 18.2 Å². The topological polar surface area (TPSA) is 80.9 Å². The zero-order valence-corrected chi connectivity index (χ0v) is 12.5. The molecule has 3 rings (SSSR count). The van der Waals surface area contributed by atoms with Crippen molar-refractivity contribution in [1.82, 2.24) is 0 Å². The molecule has 118 valence electrons. The molecule has 1 unspecified atom stereocenters. The number of aliphatic hydroxyl groups is 1. The number of benzene rings is 1. The zero-order valence-electron chi connectivity index (χ0n) is 12.5. The van der Waals surface area contributed by atoms with Crippen LogP contribution in [0.1, 0.15) is 19.4 Å². The third kappa shape index (κ3) is 3.00. The molecule has 1 N–H and O–H groups in total. The van der Waals surface area contributed by atoms with Crippen LogP contribution < -0.4 is 0 Å². The van der Waals surface area contributed by atoms with Crippen molar-refractivity contribution in [3.05, 3.63) is 35.9 Å². The number of hydrogen-bond acceptors (Lipinski definition) is 6. The minimum absolute atomic E-state index is 0.344. The SMILES string of the molecule is CC1(C)O[C@H]2O[C@H]([C@H](O)C#N)C(OCc3ccccc3)[C@@H]2O1. The molecule has 0 spiro atoms. The van der Waals surface area contributed by atoms with Crippen LogP contribution in [-0.4, -0.2) is 41.6 Å². The molecule has 5 atom stereocenters. The Morgan fingerprint density at radius 2 is 2.05 bits per heavy atom. The third-order valence-corrected chi connectivity index (χ3v) is 3.76. The van der Waals surface area contributed by atoms with Crippen LogP contribution in [-0.2, 0) is 25.6 Å². The summed E-state index contributed by atoms with van der Waals surface area (Å²) >= 11 is 0. The minimum atomic E-state index is -1.29. The van der Waals surface area contributed by atoms with E-state index in [0.717, 1.165) is 5.56 Å². The maximum absolute atomic E-state index is 9.83. The molecule has 1 aromatic rings. The summed E-state index contributed by atoms with van der Waals surface area (Å²) in [5.74, 6) is -0.772. The molecular weight excluding hydrogens is 286 g/mol. The number of nitrogens with zero attached hydrogens (tertiary/aromatic N) is 1. The monoisotopic (exact) mass is 305 g/mol. The number of hydrogen-bond donors (Lipinski definition) is 1. The van der Waals surface area contributed by atoms with Crippen LogP contribution >= 0.6 is 0 Å². The molecular formula is C16H19NO5. The first-order valence-corrected chi connectivity index (χ1v) is 7.24. The summed E-state index contributed by atoms with van der Waals surface area (Å²) in [6.45, 7) is 3.92. The van der Waals surface area contributed by atoms with Gasteiger partial charge in [0, 0.05) is 0 Å². The molecule has 2 aliphatic rings. The van der Waals surface area contributed by atoms with Crippen LogP contribution in [0.15, 0.2) is 30.3 Å². The lowest BCUT2D eigenvalue weighted by Crippen LogP contribution is -2.42. The first-order valence-electron chi connectivity index (χ1n) is 7.24. The van der Waals surface area contributed by atoms with Crippen molar-refractivity contribution in [2.45, 2.75) is 56.9 Å². The van der Waals surface area contributed by atoms with Gasteiger partial charge in [-0.3, -0.25) is 0 Å². The van der Waals surface area contributed by atoms with E-state index in [9.17, 15) is 5.11 Å². The number of aliphatic hydroxyl groups excluding tert-OH is 1. The maximum atomic E-state index is 9.83. The first kappa shape index (κ1) is 15.4. The van der Waals surface area contributed by atoms with Gasteiger partial charge in [0.2, 0.25) is 0 Å². The van der Waals surface area contributed by atoms with Crippen molar-refractivity contribution in [2.24, 2.45) is 0 Å². The molecule has 0 bridgehead atoms. The van der Waals surface area contributed by atoms with Gasteiger partial charge in [-0.05, 0) is 19.4 Å².